The molecule has 5 heteroatoms. The Bertz CT molecular complexity index is 312. The van der Waals surface area contributed by atoms with Crippen LogP contribution in [0.3, 0.4) is 0 Å². The molecule has 0 spiro atoms. The number of hydrogen-bond donors (Lipinski definition) is 1. The molecule has 1 rings (SSSR count). The lowest BCUT2D eigenvalue weighted by Crippen LogP contribution is -2.37. The molecule has 1 N–H and O–H groups in total. The van der Waals surface area contributed by atoms with Crippen molar-refractivity contribution in [3.05, 3.63) is 12.4 Å². The summed E-state index contributed by atoms with van der Waals surface area (Å²) in [6, 6.07) is 0.441. The van der Waals surface area contributed by atoms with E-state index in [0.29, 0.717) is 12.6 Å². The molecule has 1 atom stereocenters. The zero-order chi connectivity index (χ0) is 12.7. The molecule has 98 valence electrons. The van der Waals surface area contributed by atoms with Gasteiger partial charge in [-0.3, -0.25) is 4.68 Å². The van der Waals surface area contributed by atoms with Gasteiger partial charge in [0.1, 0.15) is 6.10 Å². The Hall–Kier alpha value is -1.07. The maximum atomic E-state index is 5.82. The van der Waals surface area contributed by atoms with Crippen LogP contribution in [0, 0.1) is 0 Å². The molecular formula is C12H23N3O2. The molecule has 0 aliphatic rings. The Kier molecular flexibility index (Phi) is 6.00. The lowest BCUT2D eigenvalue weighted by molar-refractivity contribution is 0.0793. The molecule has 1 aromatic heterocycles. The third-order valence-corrected chi connectivity index (χ3v) is 2.34. The summed E-state index contributed by atoms with van der Waals surface area (Å²) in [6.07, 6.45) is 3.65. The number of rotatable bonds is 8. The fourth-order valence-electron chi connectivity index (χ4n) is 1.46. The number of nitrogens with one attached hydrogen (secondary N) is 1. The van der Waals surface area contributed by atoms with E-state index in [1.54, 1.807) is 13.3 Å². The van der Waals surface area contributed by atoms with Crippen LogP contribution in [-0.2, 0) is 11.3 Å². The number of methoxy groups -OCH3 is 1. The highest BCUT2D eigenvalue weighted by Gasteiger charge is 2.11. The molecular weight excluding hydrogens is 218 g/mol. The Labute approximate surface area is 103 Å². The predicted octanol–water partition coefficient (Wildman–Crippen LogP) is 1.29. The van der Waals surface area contributed by atoms with Gasteiger partial charge in [0.05, 0.1) is 19.0 Å². The number of aromatic nitrogens is 2. The van der Waals surface area contributed by atoms with Gasteiger partial charge in [-0.1, -0.05) is 13.8 Å². The molecule has 0 bridgehead atoms. The zero-order valence-corrected chi connectivity index (χ0v) is 11.1. The third-order valence-electron chi connectivity index (χ3n) is 2.34. The lowest BCUT2D eigenvalue weighted by Gasteiger charge is -2.19. The molecule has 0 aliphatic carbocycles. The highest BCUT2D eigenvalue weighted by Crippen LogP contribution is 2.10. The Morgan fingerprint density at radius 1 is 1.47 bits per heavy atom. The number of nitrogens with zero attached hydrogens (tertiary/aromatic N) is 2. The summed E-state index contributed by atoms with van der Waals surface area (Å²) in [5.74, 6) is 0.791. The van der Waals surface area contributed by atoms with Gasteiger partial charge >= 0.3 is 0 Å². The van der Waals surface area contributed by atoms with Crippen molar-refractivity contribution in [2.24, 2.45) is 0 Å². The Morgan fingerprint density at radius 2 is 2.24 bits per heavy atom. The molecule has 1 heterocycles. The van der Waals surface area contributed by atoms with E-state index >= 15 is 0 Å². The van der Waals surface area contributed by atoms with Crippen LogP contribution in [0.1, 0.15) is 20.8 Å². The van der Waals surface area contributed by atoms with E-state index in [0.717, 1.165) is 18.8 Å². The van der Waals surface area contributed by atoms with Crippen molar-refractivity contribution in [2.75, 3.05) is 20.3 Å². The Balaban J connectivity index is 2.47. The van der Waals surface area contributed by atoms with Crippen molar-refractivity contribution >= 4 is 0 Å². The number of aryl methyl sites for hydroxylation is 1. The second-order valence-corrected chi connectivity index (χ2v) is 4.29. The van der Waals surface area contributed by atoms with Crippen molar-refractivity contribution in [2.45, 2.75) is 39.5 Å². The highest BCUT2D eigenvalue weighted by molar-refractivity contribution is 5.12. The summed E-state index contributed by atoms with van der Waals surface area (Å²) < 4.78 is 12.8. The maximum absolute atomic E-state index is 5.82. The first-order valence-corrected chi connectivity index (χ1v) is 6.07. The highest BCUT2D eigenvalue weighted by atomic mass is 16.5. The average molecular weight is 241 g/mol. The van der Waals surface area contributed by atoms with Crippen molar-refractivity contribution in [3.8, 4) is 5.75 Å². The molecule has 0 saturated heterocycles. The molecule has 0 amide bonds. The van der Waals surface area contributed by atoms with Gasteiger partial charge in [-0.25, -0.2) is 0 Å². The number of ether oxygens (including phenoxy) is 2. The second-order valence-electron chi connectivity index (χ2n) is 4.29. The smallest absolute Gasteiger partial charge is 0.157 e. The van der Waals surface area contributed by atoms with Crippen LogP contribution in [0.25, 0.3) is 0 Å². The van der Waals surface area contributed by atoms with Crippen molar-refractivity contribution in [1.82, 2.24) is 15.1 Å². The van der Waals surface area contributed by atoms with Crippen molar-refractivity contribution in [1.29, 1.82) is 0 Å². The van der Waals surface area contributed by atoms with Crippen LogP contribution in [0.5, 0.6) is 5.75 Å². The van der Waals surface area contributed by atoms with Gasteiger partial charge in [0.2, 0.25) is 0 Å². The van der Waals surface area contributed by atoms with E-state index in [-0.39, 0.29) is 6.10 Å². The topological polar surface area (TPSA) is 48.3 Å². The first kappa shape index (κ1) is 14.0. The normalized spacial score (nSPS) is 13.0. The van der Waals surface area contributed by atoms with E-state index in [9.17, 15) is 0 Å². The van der Waals surface area contributed by atoms with E-state index in [1.165, 1.54) is 0 Å². The molecule has 0 aromatic carbocycles. The van der Waals surface area contributed by atoms with E-state index in [4.69, 9.17) is 9.47 Å². The first-order chi connectivity index (χ1) is 8.15. The van der Waals surface area contributed by atoms with Crippen LogP contribution in [-0.4, -0.2) is 42.2 Å². The summed E-state index contributed by atoms with van der Waals surface area (Å²) in [4.78, 5) is 0. The van der Waals surface area contributed by atoms with Gasteiger partial charge in [0.15, 0.2) is 5.75 Å². The summed E-state index contributed by atoms with van der Waals surface area (Å²) in [6.45, 7) is 8.45. The summed E-state index contributed by atoms with van der Waals surface area (Å²) >= 11 is 0. The summed E-state index contributed by atoms with van der Waals surface area (Å²) in [5.41, 5.74) is 0. The van der Waals surface area contributed by atoms with Crippen LogP contribution < -0.4 is 10.1 Å². The van der Waals surface area contributed by atoms with Gasteiger partial charge in [0, 0.05) is 26.2 Å². The number of hydrogen-bond acceptors (Lipinski definition) is 4. The van der Waals surface area contributed by atoms with E-state index in [2.05, 4.69) is 24.3 Å². The average Bonchev–Trinajstić information content (AvgIpc) is 2.74. The molecule has 1 unspecified atom stereocenters. The fourth-order valence-corrected chi connectivity index (χ4v) is 1.46. The van der Waals surface area contributed by atoms with Crippen LogP contribution in [0.15, 0.2) is 12.4 Å². The summed E-state index contributed by atoms with van der Waals surface area (Å²) in [7, 11) is 1.68. The predicted molar refractivity (Wildman–Crippen MR) is 67.3 cm³/mol. The first-order valence-electron chi connectivity index (χ1n) is 6.07. The minimum Gasteiger partial charge on any atom is -0.483 e. The van der Waals surface area contributed by atoms with Crippen molar-refractivity contribution < 1.29 is 9.47 Å². The van der Waals surface area contributed by atoms with Gasteiger partial charge < -0.3 is 14.8 Å². The van der Waals surface area contributed by atoms with Gasteiger partial charge in [-0.15, -0.1) is 0 Å². The fraction of sp³-hybridized carbons (Fsp3) is 0.750. The molecule has 0 radical (unpaired) electrons. The minimum absolute atomic E-state index is 0.0110. The monoisotopic (exact) mass is 241 g/mol. The molecule has 0 saturated carbocycles. The van der Waals surface area contributed by atoms with Crippen molar-refractivity contribution in [3.63, 3.8) is 0 Å². The van der Waals surface area contributed by atoms with Gasteiger partial charge in [-0.2, -0.15) is 5.10 Å². The summed E-state index contributed by atoms with van der Waals surface area (Å²) in [5, 5.41) is 7.51. The molecule has 17 heavy (non-hydrogen) atoms. The second kappa shape index (κ2) is 7.29. The maximum Gasteiger partial charge on any atom is 0.157 e. The van der Waals surface area contributed by atoms with Crippen LogP contribution in [0.2, 0.25) is 0 Å². The van der Waals surface area contributed by atoms with Gasteiger partial charge in [-0.05, 0) is 6.92 Å². The molecule has 0 fully saturated rings. The van der Waals surface area contributed by atoms with Gasteiger partial charge in [0.25, 0.3) is 0 Å². The minimum atomic E-state index is 0.0110. The Morgan fingerprint density at radius 3 is 2.76 bits per heavy atom. The zero-order valence-electron chi connectivity index (χ0n) is 11.1. The van der Waals surface area contributed by atoms with E-state index < -0.39 is 0 Å². The quantitative estimate of drug-likeness (QED) is 0.745. The van der Waals surface area contributed by atoms with E-state index in [1.807, 2.05) is 17.8 Å². The third kappa shape index (κ3) is 5.19. The standard InChI is InChI=1S/C12H23N3O2/c1-5-15-8-11(7-14-15)17-12(9-16-4)6-13-10(2)3/h7-8,10,12-13H,5-6,9H2,1-4H3. The molecule has 1 aromatic rings. The van der Waals surface area contributed by atoms with Crippen LogP contribution >= 0.6 is 0 Å². The van der Waals surface area contributed by atoms with Crippen LogP contribution in [0.4, 0.5) is 0 Å². The molecule has 5 nitrogen and oxygen atoms in total. The lowest BCUT2D eigenvalue weighted by atomic mass is 10.3. The SMILES string of the molecule is CCn1cc(OC(CNC(C)C)COC)cn1. The molecule has 0 aliphatic heterocycles. The largest absolute Gasteiger partial charge is 0.483 e.